The second kappa shape index (κ2) is 4.89. The van der Waals surface area contributed by atoms with Gasteiger partial charge in [-0.05, 0) is 13.0 Å². The summed E-state index contributed by atoms with van der Waals surface area (Å²) in [4.78, 5) is 14.6. The first-order valence-corrected chi connectivity index (χ1v) is 6.31. The highest BCUT2D eigenvalue weighted by Gasteiger charge is 2.17. The zero-order chi connectivity index (χ0) is 15.0. The van der Waals surface area contributed by atoms with Gasteiger partial charge in [0.25, 0.3) is 11.7 Å². The zero-order valence-corrected chi connectivity index (χ0v) is 11.5. The first kappa shape index (κ1) is 13.1. The van der Waals surface area contributed by atoms with Crippen LogP contribution >= 0.6 is 0 Å². The molecule has 0 aliphatic heterocycles. The molecule has 2 heterocycles. The van der Waals surface area contributed by atoms with Crippen molar-refractivity contribution in [3.05, 3.63) is 45.8 Å². The predicted molar refractivity (Wildman–Crippen MR) is 75.9 cm³/mol. The fraction of sp³-hybridized carbons (Fsp3) is 0.231. The summed E-state index contributed by atoms with van der Waals surface area (Å²) in [7, 11) is 1.86. The molecule has 0 radical (unpaired) electrons. The molecule has 0 unspecified atom stereocenters. The fourth-order valence-corrected chi connectivity index (χ4v) is 2.05. The van der Waals surface area contributed by atoms with Crippen LogP contribution in [0.4, 0.5) is 11.7 Å². The molecule has 3 aromatic rings. The van der Waals surface area contributed by atoms with Gasteiger partial charge in [0.2, 0.25) is 0 Å². The summed E-state index contributed by atoms with van der Waals surface area (Å²) in [6.45, 7) is 2.45. The molecule has 0 fully saturated rings. The van der Waals surface area contributed by atoms with Gasteiger partial charge in [-0.3, -0.25) is 14.8 Å². The summed E-state index contributed by atoms with van der Waals surface area (Å²) in [5.41, 5.74) is 2.60. The molecule has 8 nitrogen and oxygen atoms in total. The molecule has 21 heavy (non-hydrogen) atoms. The molecule has 0 aliphatic carbocycles. The van der Waals surface area contributed by atoms with Crippen LogP contribution in [0.5, 0.6) is 0 Å². The van der Waals surface area contributed by atoms with Gasteiger partial charge in [-0.15, -0.1) is 0 Å². The van der Waals surface area contributed by atoms with Gasteiger partial charge in [0.15, 0.2) is 11.1 Å². The number of nitrogens with zero attached hydrogens (tertiary/aromatic N) is 4. The van der Waals surface area contributed by atoms with Gasteiger partial charge in [0.05, 0.1) is 11.1 Å². The van der Waals surface area contributed by atoms with Crippen LogP contribution in [-0.2, 0) is 13.6 Å². The van der Waals surface area contributed by atoms with E-state index in [1.165, 1.54) is 6.07 Å². The fourth-order valence-electron chi connectivity index (χ4n) is 2.05. The summed E-state index contributed by atoms with van der Waals surface area (Å²) >= 11 is 0. The Bertz CT molecular complexity index is 820. The molecule has 1 aromatic carbocycles. The molecule has 0 amide bonds. The first-order valence-electron chi connectivity index (χ1n) is 6.31. The van der Waals surface area contributed by atoms with E-state index in [1.807, 2.05) is 14.0 Å². The third-order valence-electron chi connectivity index (χ3n) is 3.36. The SMILES string of the molecule is Cc1c(CNc2nc3c([N+](=O)[O-])cccc3o2)cnn1C. The second-order valence-corrected chi connectivity index (χ2v) is 4.63. The number of non-ortho nitro benzene ring substituents is 1. The van der Waals surface area contributed by atoms with Crippen LogP contribution < -0.4 is 5.32 Å². The van der Waals surface area contributed by atoms with E-state index in [-0.39, 0.29) is 17.2 Å². The largest absolute Gasteiger partial charge is 0.423 e. The van der Waals surface area contributed by atoms with Gasteiger partial charge in [-0.25, -0.2) is 0 Å². The van der Waals surface area contributed by atoms with E-state index in [0.29, 0.717) is 12.1 Å². The molecule has 8 heteroatoms. The monoisotopic (exact) mass is 287 g/mol. The number of anilines is 1. The molecule has 0 spiro atoms. The van der Waals surface area contributed by atoms with E-state index in [4.69, 9.17) is 4.42 Å². The lowest BCUT2D eigenvalue weighted by molar-refractivity contribution is -0.383. The smallest absolute Gasteiger partial charge is 0.298 e. The number of rotatable bonds is 4. The Morgan fingerprint density at radius 3 is 2.95 bits per heavy atom. The Hall–Kier alpha value is -2.90. The second-order valence-electron chi connectivity index (χ2n) is 4.63. The number of hydrogen-bond donors (Lipinski definition) is 1. The van der Waals surface area contributed by atoms with Crippen molar-refractivity contribution in [1.82, 2.24) is 14.8 Å². The van der Waals surface area contributed by atoms with Crippen LogP contribution in [-0.4, -0.2) is 19.7 Å². The zero-order valence-electron chi connectivity index (χ0n) is 11.5. The average molecular weight is 287 g/mol. The summed E-state index contributed by atoms with van der Waals surface area (Å²) in [6, 6.07) is 4.87. The molecule has 0 atom stereocenters. The van der Waals surface area contributed by atoms with Gasteiger partial charge < -0.3 is 9.73 Å². The van der Waals surface area contributed by atoms with E-state index in [2.05, 4.69) is 15.4 Å². The van der Waals surface area contributed by atoms with Crippen molar-refractivity contribution in [3.8, 4) is 0 Å². The third-order valence-corrected chi connectivity index (χ3v) is 3.36. The first-order chi connectivity index (χ1) is 10.1. The molecular weight excluding hydrogens is 274 g/mol. The Morgan fingerprint density at radius 1 is 1.48 bits per heavy atom. The van der Waals surface area contributed by atoms with Gasteiger partial charge in [-0.2, -0.15) is 10.1 Å². The lowest BCUT2D eigenvalue weighted by atomic mass is 10.2. The number of nitro groups is 1. The topological polar surface area (TPSA) is 99.0 Å². The van der Waals surface area contributed by atoms with Crippen molar-refractivity contribution >= 4 is 22.8 Å². The van der Waals surface area contributed by atoms with Crippen LogP contribution in [0, 0.1) is 17.0 Å². The summed E-state index contributed by atoms with van der Waals surface area (Å²) in [6.07, 6.45) is 1.76. The Labute approximate surface area is 119 Å². The van der Waals surface area contributed by atoms with Crippen molar-refractivity contribution in [2.24, 2.45) is 7.05 Å². The van der Waals surface area contributed by atoms with Crippen LogP contribution in [0.2, 0.25) is 0 Å². The van der Waals surface area contributed by atoms with E-state index in [9.17, 15) is 10.1 Å². The molecular formula is C13H13N5O3. The average Bonchev–Trinajstić information content (AvgIpc) is 3.01. The molecule has 1 N–H and O–H groups in total. The number of fused-ring (bicyclic) bond motifs is 1. The molecule has 0 bridgehead atoms. The number of aromatic nitrogens is 3. The molecule has 0 saturated heterocycles. The van der Waals surface area contributed by atoms with Gasteiger partial charge >= 0.3 is 0 Å². The normalized spacial score (nSPS) is 11.0. The summed E-state index contributed by atoms with van der Waals surface area (Å²) in [5.74, 6) is 0. The number of oxazole rings is 1. The lowest BCUT2D eigenvalue weighted by Crippen LogP contribution is -2.01. The number of nitro benzene ring substituents is 1. The standard InChI is InChI=1S/C13H13N5O3/c1-8-9(7-15-17(8)2)6-14-13-16-12-10(18(19)20)4-3-5-11(12)21-13/h3-5,7H,6H2,1-2H3,(H,14,16). The number of aryl methyl sites for hydroxylation is 1. The van der Waals surface area contributed by atoms with Crippen LogP contribution in [0.25, 0.3) is 11.1 Å². The Morgan fingerprint density at radius 2 is 2.29 bits per heavy atom. The minimum absolute atomic E-state index is 0.0677. The minimum atomic E-state index is -0.472. The van der Waals surface area contributed by atoms with E-state index >= 15 is 0 Å². The predicted octanol–water partition coefficient (Wildman–Crippen LogP) is 2.39. The highest BCUT2D eigenvalue weighted by Crippen LogP contribution is 2.27. The van der Waals surface area contributed by atoms with Crippen LogP contribution in [0.15, 0.2) is 28.8 Å². The van der Waals surface area contributed by atoms with Gasteiger partial charge in [-0.1, -0.05) is 6.07 Å². The number of para-hydroxylation sites is 1. The Balaban J connectivity index is 1.86. The van der Waals surface area contributed by atoms with E-state index < -0.39 is 4.92 Å². The van der Waals surface area contributed by atoms with Crippen molar-refractivity contribution < 1.29 is 9.34 Å². The van der Waals surface area contributed by atoms with Crippen molar-refractivity contribution in [1.29, 1.82) is 0 Å². The quantitative estimate of drug-likeness (QED) is 0.584. The van der Waals surface area contributed by atoms with Gasteiger partial charge in [0.1, 0.15) is 0 Å². The molecule has 2 aromatic heterocycles. The summed E-state index contributed by atoms with van der Waals surface area (Å²) in [5, 5.41) is 18.1. The maximum Gasteiger partial charge on any atom is 0.298 e. The molecule has 0 aliphatic rings. The van der Waals surface area contributed by atoms with Crippen molar-refractivity contribution in [2.75, 3.05) is 5.32 Å². The van der Waals surface area contributed by atoms with Gasteiger partial charge in [0, 0.05) is 30.9 Å². The Kier molecular flexibility index (Phi) is 3.05. The van der Waals surface area contributed by atoms with Crippen LogP contribution in [0.3, 0.4) is 0 Å². The molecule has 108 valence electrons. The third kappa shape index (κ3) is 2.31. The maximum absolute atomic E-state index is 10.9. The molecule has 3 rings (SSSR count). The lowest BCUT2D eigenvalue weighted by Gasteiger charge is -2.00. The van der Waals surface area contributed by atoms with Crippen molar-refractivity contribution in [3.63, 3.8) is 0 Å². The van der Waals surface area contributed by atoms with E-state index in [1.54, 1.807) is 23.0 Å². The highest BCUT2D eigenvalue weighted by molar-refractivity contribution is 5.83. The summed E-state index contributed by atoms with van der Waals surface area (Å²) < 4.78 is 7.25. The number of nitrogens with one attached hydrogen (secondary N) is 1. The maximum atomic E-state index is 10.9. The molecule has 0 saturated carbocycles. The highest BCUT2D eigenvalue weighted by atomic mass is 16.6. The number of hydrogen-bond acceptors (Lipinski definition) is 6. The van der Waals surface area contributed by atoms with Crippen LogP contribution in [0.1, 0.15) is 11.3 Å². The van der Waals surface area contributed by atoms with E-state index in [0.717, 1.165) is 11.3 Å². The minimum Gasteiger partial charge on any atom is -0.423 e. The van der Waals surface area contributed by atoms with Crippen molar-refractivity contribution in [2.45, 2.75) is 13.5 Å². The number of benzene rings is 1.